The lowest BCUT2D eigenvalue weighted by Crippen LogP contribution is -2.09. The molecule has 0 saturated heterocycles. The van der Waals surface area contributed by atoms with Gasteiger partial charge in [0.25, 0.3) is 0 Å². The monoisotopic (exact) mass is 209 g/mol. The average Bonchev–Trinajstić information content (AvgIpc) is 1.85. The molecule has 1 aromatic carbocycles. The molecule has 6 heteroatoms. The van der Waals surface area contributed by atoms with Gasteiger partial charge < -0.3 is 0 Å². The smallest absolute Gasteiger partial charge is 0.269 e. The van der Waals surface area contributed by atoms with Gasteiger partial charge in [0.05, 0.1) is 5.69 Å². The summed E-state index contributed by atoms with van der Waals surface area (Å²) in [5.74, 6) is 0. The standard InChI is InChI=1S/C6H7NO3S.ClH/c8-11(9,10)7-6-4-2-1-3-5-6;/h1-5,7H,(H,8,9,10);1H. The van der Waals surface area contributed by atoms with Gasteiger partial charge in [-0.15, -0.1) is 12.4 Å². The molecule has 12 heavy (non-hydrogen) atoms. The van der Waals surface area contributed by atoms with Gasteiger partial charge in [-0.25, -0.2) is 0 Å². The Balaban J connectivity index is 0.00000121. The highest BCUT2D eigenvalue weighted by Crippen LogP contribution is 2.05. The second kappa shape index (κ2) is 4.30. The molecular formula is C6H8ClNO3S. The predicted molar refractivity (Wildman–Crippen MR) is 48.9 cm³/mol. The Morgan fingerprint density at radius 3 is 2.08 bits per heavy atom. The molecule has 1 aromatic rings. The minimum Gasteiger partial charge on any atom is -0.269 e. The fourth-order valence-corrected chi connectivity index (χ4v) is 1.09. The highest BCUT2D eigenvalue weighted by Gasteiger charge is 2.00. The van der Waals surface area contributed by atoms with Gasteiger partial charge >= 0.3 is 10.3 Å². The number of anilines is 1. The summed E-state index contributed by atoms with van der Waals surface area (Å²) in [5.41, 5.74) is 0.343. The lowest BCUT2D eigenvalue weighted by Gasteiger charge is -1.99. The summed E-state index contributed by atoms with van der Waals surface area (Å²) < 4.78 is 30.7. The molecular weight excluding hydrogens is 202 g/mol. The van der Waals surface area contributed by atoms with Crippen molar-refractivity contribution in [2.75, 3.05) is 4.72 Å². The van der Waals surface area contributed by atoms with Crippen LogP contribution in [0.15, 0.2) is 30.3 Å². The Morgan fingerprint density at radius 2 is 1.67 bits per heavy atom. The van der Waals surface area contributed by atoms with Crippen LogP contribution in [0.25, 0.3) is 0 Å². The van der Waals surface area contributed by atoms with E-state index >= 15 is 0 Å². The van der Waals surface area contributed by atoms with Crippen molar-refractivity contribution in [3.63, 3.8) is 0 Å². The summed E-state index contributed by atoms with van der Waals surface area (Å²) in [6.45, 7) is 0. The molecule has 0 aromatic heterocycles. The second-order valence-electron chi connectivity index (χ2n) is 1.94. The predicted octanol–water partition coefficient (Wildman–Crippen LogP) is 1.32. The van der Waals surface area contributed by atoms with Gasteiger partial charge in [-0.05, 0) is 12.1 Å². The normalized spacial score (nSPS) is 10.1. The molecule has 0 spiro atoms. The first-order valence-electron chi connectivity index (χ1n) is 2.88. The maximum absolute atomic E-state index is 10.2. The molecule has 0 radical (unpaired) electrons. The Hall–Kier alpha value is -0.780. The lowest BCUT2D eigenvalue weighted by atomic mass is 10.3. The van der Waals surface area contributed by atoms with Crippen LogP contribution in [0.1, 0.15) is 0 Å². The van der Waals surface area contributed by atoms with Crippen molar-refractivity contribution >= 4 is 28.4 Å². The fourth-order valence-electron chi connectivity index (χ4n) is 0.655. The van der Waals surface area contributed by atoms with Gasteiger partial charge in [-0.2, -0.15) is 8.42 Å². The molecule has 0 saturated carbocycles. The molecule has 0 heterocycles. The maximum atomic E-state index is 10.2. The Labute approximate surface area is 76.9 Å². The number of hydrogen-bond donors (Lipinski definition) is 2. The molecule has 0 aliphatic rings. The number of halogens is 1. The molecule has 0 fully saturated rings. The van der Waals surface area contributed by atoms with Crippen LogP contribution in [-0.4, -0.2) is 13.0 Å². The third-order valence-corrected chi connectivity index (χ3v) is 1.51. The van der Waals surface area contributed by atoms with Crippen molar-refractivity contribution in [1.82, 2.24) is 0 Å². The van der Waals surface area contributed by atoms with Crippen molar-refractivity contribution in [2.45, 2.75) is 0 Å². The average molecular weight is 210 g/mol. The van der Waals surface area contributed by atoms with Gasteiger partial charge in [-0.3, -0.25) is 9.27 Å². The lowest BCUT2D eigenvalue weighted by molar-refractivity contribution is 0.490. The minimum atomic E-state index is -4.13. The topological polar surface area (TPSA) is 66.4 Å². The van der Waals surface area contributed by atoms with E-state index in [2.05, 4.69) is 0 Å². The Kier molecular flexibility index (Phi) is 4.02. The molecule has 1 rings (SSSR count). The van der Waals surface area contributed by atoms with Crippen LogP contribution in [-0.2, 0) is 10.3 Å². The Morgan fingerprint density at radius 1 is 1.17 bits per heavy atom. The van der Waals surface area contributed by atoms with E-state index in [1.165, 1.54) is 12.1 Å². The summed E-state index contributed by atoms with van der Waals surface area (Å²) in [7, 11) is -4.13. The quantitative estimate of drug-likeness (QED) is 0.722. The maximum Gasteiger partial charge on any atom is 0.357 e. The Bertz CT molecular complexity index is 324. The van der Waals surface area contributed by atoms with Gasteiger partial charge in [0.15, 0.2) is 0 Å². The first-order chi connectivity index (χ1) is 5.08. The van der Waals surface area contributed by atoms with Crippen LogP contribution >= 0.6 is 12.4 Å². The van der Waals surface area contributed by atoms with E-state index in [0.29, 0.717) is 5.69 Å². The first-order valence-corrected chi connectivity index (χ1v) is 4.32. The van der Waals surface area contributed by atoms with Crippen LogP contribution < -0.4 is 4.72 Å². The van der Waals surface area contributed by atoms with Crippen molar-refractivity contribution < 1.29 is 13.0 Å². The molecule has 0 atom stereocenters. The minimum absolute atomic E-state index is 0. The number of hydrogen-bond acceptors (Lipinski definition) is 2. The van der Waals surface area contributed by atoms with Crippen molar-refractivity contribution in [3.8, 4) is 0 Å². The third-order valence-electron chi connectivity index (χ3n) is 1.02. The van der Waals surface area contributed by atoms with E-state index in [1.807, 2.05) is 4.72 Å². The summed E-state index contributed by atoms with van der Waals surface area (Å²) in [6, 6.07) is 8.14. The number of nitrogens with one attached hydrogen (secondary N) is 1. The first kappa shape index (κ1) is 11.2. The zero-order chi connectivity index (χ0) is 8.32. The SMILES string of the molecule is Cl.O=S(=O)(O)Nc1ccccc1. The zero-order valence-corrected chi connectivity index (χ0v) is 7.60. The van der Waals surface area contributed by atoms with Crippen LogP contribution in [0.3, 0.4) is 0 Å². The van der Waals surface area contributed by atoms with E-state index in [-0.39, 0.29) is 12.4 Å². The van der Waals surface area contributed by atoms with Crippen LogP contribution in [0, 0.1) is 0 Å². The van der Waals surface area contributed by atoms with Gasteiger partial charge in [0.2, 0.25) is 0 Å². The van der Waals surface area contributed by atoms with Crippen LogP contribution in [0.2, 0.25) is 0 Å². The highest BCUT2D eigenvalue weighted by atomic mass is 35.5. The van der Waals surface area contributed by atoms with E-state index in [0.717, 1.165) is 0 Å². The zero-order valence-electron chi connectivity index (χ0n) is 5.97. The molecule has 0 unspecified atom stereocenters. The number of rotatable bonds is 2. The van der Waals surface area contributed by atoms with Crippen LogP contribution in [0.5, 0.6) is 0 Å². The summed E-state index contributed by atoms with van der Waals surface area (Å²) in [6.07, 6.45) is 0. The summed E-state index contributed by atoms with van der Waals surface area (Å²) in [4.78, 5) is 0. The molecule has 4 nitrogen and oxygen atoms in total. The summed E-state index contributed by atoms with van der Waals surface area (Å²) in [5, 5.41) is 0. The summed E-state index contributed by atoms with van der Waals surface area (Å²) >= 11 is 0. The highest BCUT2D eigenvalue weighted by molar-refractivity contribution is 7.87. The molecule has 0 amide bonds. The van der Waals surface area contributed by atoms with Crippen LogP contribution in [0.4, 0.5) is 5.69 Å². The van der Waals surface area contributed by atoms with Crippen molar-refractivity contribution in [2.24, 2.45) is 0 Å². The number of para-hydroxylation sites is 1. The molecule has 0 aliphatic heterocycles. The van der Waals surface area contributed by atoms with Gasteiger partial charge in [0, 0.05) is 0 Å². The van der Waals surface area contributed by atoms with E-state index < -0.39 is 10.3 Å². The van der Waals surface area contributed by atoms with Crippen molar-refractivity contribution in [1.29, 1.82) is 0 Å². The van der Waals surface area contributed by atoms with E-state index in [9.17, 15) is 8.42 Å². The van der Waals surface area contributed by atoms with E-state index in [4.69, 9.17) is 4.55 Å². The van der Waals surface area contributed by atoms with E-state index in [1.54, 1.807) is 18.2 Å². The number of benzene rings is 1. The van der Waals surface area contributed by atoms with Crippen molar-refractivity contribution in [3.05, 3.63) is 30.3 Å². The molecule has 0 aliphatic carbocycles. The third kappa shape index (κ3) is 4.17. The molecule has 68 valence electrons. The fraction of sp³-hybridized carbons (Fsp3) is 0. The second-order valence-corrected chi connectivity index (χ2v) is 3.10. The van der Waals surface area contributed by atoms with Gasteiger partial charge in [-0.1, -0.05) is 18.2 Å². The largest absolute Gasteiger partial charge is 0.357 e. The molecule has 0 bridgehead atoms. The van der Waals surface area contributed by atoms with Gasteiger partial charge in [0.1, 0.15) is 0 Å². The molecule has 2 N–H and O–H groups in total.